The molecule has 5 nitrogen and oxygen atoms in total. The van der Waals surface area contributed by atoms with Crippen LogP contribution in [-0.4, -0.2) is 55.5 Å². The number of rotatable bonds is 8. The van der Waals surface area contributed by atoms with Gasteiger partial charge in [0.1, 0.15) is 0 Å². The smallest absolute Gasteiger partial charge is 0.233 e. The highest BCUT2D eigenvalue weighted by molar-refractivity contribution is 7.84. The van der Waals surface area contributed by atoms with Gasteiger partial charge in [-0.1, -0.05) is 0 Å². The second kappa shape index (κ2) is 9.11. The maximum atomic E-state index is 11.1. The number of methoxy groups -OCH3 is 1. The lowest BCUT2D eigenvalue weighted by Gasteiger charge is -2.05. The molecule has 0 spiro atoms. The molecule has 0 aromatic heterocycles. The molecule has 0 aliphatic rings. The van der Waals surface area contributed by atoms with Gasteiger partial charge in [0.25, 0.3) is 0 Å². The van der Waals surface area contributed by atoms with Gasteiger partial charge in [0, 0.05) is 43.0 Å². The van der Waals surface area contributed by atoms with E-state index < -0.39 is 10.8 Å². The molecule has 0 saturated carbocycles. The van der Waals surface area contributed by atoms with E-state index >= 15 is 0 Å². The first-order valence-corrected chi connectivity index (χ1v) is 6.16. The highest BCUT2D eigenvalue weighted by Gasteiger charge is 1.99. The third-order valence-electron chi connectivity index (χ3n) is 1.48. The van der Waals surface area contributed by atoms with Crippen molar-refractivity contribution in [1.82, 2.24) is 10.6 Å². The van der Waals surface area contributed by atoms with Crippen LogP contribution in [0.5, 0.6) is 0 Å². The van der Waals surface area contributed by atoms with E-state index in [0.29, 0.717) is 25.4 Å². The van der Waals surface area contributed by atoms with E-state index in [4.69, 9.17) is 4.74 Å². The van der Waals surface area contributed by atoms with Gasteiger partial charge in [-0.05, 0) is 0 Å². The maximum Gasteiger partial charge on any atom is 0.233 e. The van der Waals surface area contributed by atoms with Crippen LogP contribution in [0.25, 0.3) is 0 Å². The zero-order chi connectivity index (χ0) is 10.8. The summed E-state index contributed by atoms with van der Waals surface area (Å²) in [6.45, 7) is 1.99. The predicted molar refractivity (Wildman–Crippen MR) is 56.7 cm³/mol. The molecule has 0 aromatic rings. The van der Waals surface area contributed by atoms with Gasteiger partial charge in [0.15, 0.2) is 0 Å². The first-order chi connectivity index (χ1) is 6.66. The molecular weight excluding hydrogens is 204 g/mol. The lowest BCUT2D eigenvalue weighted by atomic mass is 10.5. The summed E-state index contributed by atoms with van der Waals surface area (Å²) in [6, 6.07) is 0. The lowest BCUT2D eigenvalue weighted by molar-refractivity contribution is -0.120. The van der Waals surface area contributed by atoms with Gasteiger partial charge in [-0.25, -0.2) is 0 Å². The second-order valence-corrected chi connectivity index (χ2v) is 4.35. The highest BCUT2D eigenvalue weighted by atomic mass is 32.2. The molecule has 1 atom stereocenters. The normalized spacial score (nSPS) is 12.4. The summed E-state index contributed by atoms with van der Waals surface area (Å²) in [5, 5.41) is 5.57. The van der Waals surface area contributed by atoms with Crippen molar-refractivity contribution in [3.63, 3.8) is 0 Å². The molecular formula is C8H18N2O3S. The van der Waals surface area contributed by atoms with Crippen molar-refractivity contribution in [1.29, 1.82) is 0 Å². The first-order valence-electron chi connectivity index (χ1n) is 4.43. The topological polar surface area (TPSA) is 67.4 Å². The van der Waals surface area contributed by atoms with Crippen molar-refractivity contribution < 1.29 is 13.7 Å². The predicted octanol–water partition coefficient (Wildman–Crippen LogP) is -1.28. The molecule has 0 aliphatic heterocycles. The Kier molecular flexibility index (Phi) is 8.81. The van der Waals surface area contributed by atoms with E-state index in [-0.39, 0.29) is 12.5 Å². The number of carbonyl (C=O) groups excluding carboxylic acids is 1. The van der Waals surface area contributed by atoms with E-state index in [2.05, 4.69) is 10.6 Å². The van der Waals surface area contributed by atoms with Crippen molar-refractivity contribution in [2.45, 2.75) is 0 Å². The molecule has 84 valence electrons. The minimum atomic E-state index is -0.846. The molecule has 0 radical (unpaired) electrons. The third kappa shape index (κ3) is 9.63. The molecule has 6 heteroatoms. The zero-order valence-electron chi connectivity index (χ0n) is 8.67. The summed E-state index contributed by atoms with van der Waals surface area (Å²) < 4.78 is 15.5. The Labute approximate surface area is 87.0 Å². The Balaban J connectivity index is 3.24. The van der Waals surface area contributed by atoms with Crippen LogP contribution in [0.1, 0.15) is 0 Å². The van der Waals surface area contributed by atoms with E-state index in [1.54, 1.807) is 13.4 Å². The minimum Gasteiger partial charge on any atom is -0.383 e. The molecule has 0 heterocycles. The van der Waals surface area contributed by atoms with Crippen LogP contribution < -0.4 is 10.6 Å². The van der Waals surface area contributed by atoms with Gasteiger partial charge >= 0.3 is 0 Å². The molecule has 0 aromatic carbocycles. The Morgan fingerprint density at radius 2 is 2.14 bits per heavy atom. The third-order valence-corrected chi connectivity index (χ3v) is 2.26. The Bertz CT molecular complexity index is 187. The highest BCUT2D eigenvalue weighted by Crippen LogP contribution is 1.72. The quantitative estimate of drug-likeness (QED) is 0.502. The van der Waals surface area contributed by atoms with E-state index in [1.165, 1.54) is 0 Å². The van der Waals surface area contributed by atoms with Crippen LogP contribution in [-0.2, 0) is 20.3 Å². The number of amides is 1. The molecule has 0 rings (SSSR count). The molecule has 0 fully saturated rings. The van der Waals surface area contributed by atoms with Crippen LogP contribution in [0.15, 0.2) is 0 Å². The number of carbonyl (C=O) groups is 1. The molecule has 1 unspecified atom stereocenters. The van der Waals surface area contributed by atoms with Gasteiger partial charge in [-0.15, -0.1) is 0 Å². The molecule has 2 N–H and O–H groups in total. The number of hydrogen-bond donors (Lipinski definition) is 2. The Morgan fingerprint density at radius 1 is 1.43 bits per heavy atom. The standard InChI is InChI=1S/C8H18N2O3S/c1-13-5-3-9-7-8(11)10-4-6-14(2)12/h9H,3-7H2,1-2H3,(H,10,11). The van der Waals surface area contributed by atoms with Crippen LogP contribution in [0.3, 0.4) is 0 Å². The Morgan fingerprint density at radius 3 is 2.71 bits per heavy atom. The van der Waals surface area contributed by atoms with Crippen LogP contribution in [0.4, 0.5) is 0 Å². The summed E-state index contributed by atoms with van der Waals surface area (Å²) in [4.78, 5) is 11.1. The van der Waals surface area contributed by atoms with Gasteiger partial charge in [-0.2, -0.15) is 0 Å². The van der Waals surface area contributed by atoms with Gasteiger partial charge < -0.3 is 15.4 Å². The fourth-order valence-electron chi connectivity index (χ4n) is 0.773. The fourth-order valence-corrected chi connectivity index (χ4v) is 1.16. The maximum absolute atomic E-state index is 11.1. The van der Waals surface area contributed by atoms with Gasteiger partial charge in [0.05, 0.1) is 13.2 Å². The summed E-state index contributed by atoms with van der Waals surface area (Å²) >= 11 is 0. The summed E-state index contributed by atoms with van der Waals surface area (Å²) in [5.41, 5.74) is 0. The largest absolute Gasteiger partial charge is 0.383 e. The average molecular weight is 222 g/mol. The molecule has 0 aliphatic carbocycles. The molecule has 0 saturated heterocycles. The zero-order valence-corrected chi connectivity index (χ0v) is 9.49. The molecule has 14 heavy (non-hydrogen) atoms. The molecule has 0 bridgehead atoms. The van der Waals surface area contributed by atoms with Gasteiger partial charge in [-0.3, -0.25) is 9.00 Å². The van der Waals surface area contributed by atoms with E-state index in [1.807, 2.05) is 0 Å². The van der Waals surface area contributed by atoms with Crippen molar-refractivity contribution in [2.24, 2.45) is 0 Å². The van der Waals surface area contributed by atoms with Crippen molar-refractivity contribution >= 4 is 16.7 Å². The van der Waals surface area contributed by atoms with Gasteiger partial charge in [0.2, 0.25) is 5.91 Å². The number of ether oxygens (including phenoxy) is 1. The van der Waals surface area contributed by atoms with Crippen molar-refractivity contribution in [2.75, 3.05) is 45.4 Å². The minimum absolute atomic E-state index is 0.0773. The lowest BCUT2D eigenvalue weighted by Crippen LogP contribution is -2.36. The second-order valence-electron chi connectivity index (χ2n) is 2.80. The average Bonchev–Trinajstić information content (AvgIpc) is 2.12. The van der Waals surface area contributed by atoms with Crippen LogP contribution in [0, 0.1) is 0 Å². The summed E-state index contributed by atoms with van der Waals surface area (Å²) in [6.07, 6.45) is 1.61. The Hall–Kier alpha value is -0.460. The van der Waals surface area contributed by atoms with Crippen LogP contribution in [0.2, 0.25) is 0 Å². The van der Waals surface area contributed by atoms with Crippen molar-refractivity contribution in [3.8, 4) is 0 Å². The van der Waals surface area contributed by atoms with Crippen LogP contribution >= 0.6 is 0 Å². The summed E-state index contributed by atoms with van der Waals surface area (Å²) in [7, 11) is 0.764. The monoisotopic (exact) mass is 222 g/mol. The fraction of sp³-hybridized carbons (Fsp3) is 0.875. The first kappa shape index (κ1) is 13.5. The SMILES string of the molecule is COCCNCC(=O)NCCS(C)=O. The van der Waals surface area contributed by atoms with E-state index in [9.17, 15) is 9.00 Å². The number of nitrogens with one attached hydrogen (secondary N) is 2. The van der Waals surface area contributed by atoms with Crippen molar-refractivity contribution in [3.05, 3.63) is 0 Å². The van der Waals surface area contributed by atoms with E-state index in [0.717, 1.165) is 0 Å². The molecule has 1 amide bonds. The summed E-state index contributed by atoms with van der Waals surface area (Å²) in [5.74, 6) is 0.427. The number of hydrogen-bond acceptors (Lipinski definition) is 4.